The van der Waals surface area contributed by atoms with Crippen LogP contribution in [0.2, 0.25) is 0 Å². The third-order valence-electron chi connectivity index (χ3n) is 4.43. The average Bonchev–Trinajstić information content (AvgIpc) is 2.56. The second-order valence-corrected chi connectivity index (χ2v) is 6.42. The second kappa shape index (κ2) is 5.81. The van der Waals surface area contributed by atoms with E-state index in [1.165, 1.54) is 16.7 Å². The molecule has 0 unspecified atom stereocenters. The average molecular weight is 302 g/mol. The van der Waals surface area contributed by atoms with Gasteiger partial charge in [0, 0.05) is 16.8 Å². The Bertz CT molecular complexity index is 803. The highest BCUT2D eigenvalue weighted by molar-refractivity contribution is 5.73. The van der Waals surface area contributed by atoms with Crippen molar-refractivity contribution in [1.82, 2.24) is 0 Å². The Morgan fingerprint density at radius 1 is 0.696 bits per heavy atom. The van der Waals surface area contributed by atoms with Gasteiger partial charge in [-0.1, -0.05) is 62.4 Å². The molecule has 0 heterocycles. The number of anilines is 2. The molecule has 3 aromatic carbocycles. The van der Waals surface area contributed by atoms with Crippen LogP contribution in [0.3, 0.4) is 0 Å². The van der Waals surface area contributed by atoms with Crippen LogP contribution in [0.15, 0.2) is 72.8 Å². The van der Waals surface area contributed by atoms with E-state index in [0.29, 0.717) is 0 Å². The van der Waals surface area contributed by atoms with E-state index in [4.69, 9.17) is 11.5 Å². The molecule has 0 aliphatic carbocycles. The van der Waals surface area contributed by atoms with Gasteiger partial charge in [0.15, 0.2) is 0 Å². The molecule has 4 N–H and O–H groups in total. The molecule has 0 aromatic heterocycles. The van der Waals surface area contributed by atoms with Crippen molar-refractivity contribution in [2.45, 2.75) is 19.3 Å². The van der Waals surface area contributed by atoms with E-state index in [1.54, 1.807) is 0 Å². The molecule has 0 amide bonds. The number of nitrogen functional groups attached to an aromatic ring is 2. The van der Waals surface area contributed by atoms with Crippen molar-refractivity contribution >= 4 is 11.4 Å². The van der Waals surface area contributed by atoms with Gasteiger partial charge in [-0.05, 0) is 46.5 Å². The molecular formula is C21H22N2. The van der Waals surface area contributed by atoms with Crippen molar-refractivity contribution in [3.63, 3.8) is 0 Å². The fourth-order valence-corrected chi connectivity index (χ4v) is 3.00. The molecule has 0 saturated carbocycles. The molecule has 0 radical (unpaired) electrons. The van der Waals surface area contributed by atoms with Crippen LogP contribution in [0, 0.1) is 0 Å². The molecular weight excluding hydrogens is 280 g/mol. The quantitative estimate of drug-likeness (QED) is 0.680. The Hall–Kier alpha value is -2.74. The van der Waals surface area contributed by atoms with Crippen molar-refractivity contribution in [3.8, 4) is 11.1 Å². The molecule has 3 rings (SSSR count). The van der Waals surface area contributed by atoms with Crippen LogP contribution >= 0.6 is 0 Å². The van der Waals surface area contributed by atoms with E-state index < -0.39 is 0 Å². The van der Waals surface area contributed by atoms with Gasteiger partial charge >= 0.3 is 0 Å². The van der Waals surface area contributed by atoms with E-state index in [0.717, 1.165) is 16.9 Å². The first-order chi connectivity index (χ1) is 11.0. The van der Waals surface area contributed by atoms with Crippen LogP contribution in [0.4, 0.5) is 11.4 Å². The van der Waals surface area contributed by atoms with E-state index in [2.05, 4.69) is 62.4 Å². The summed E-state index contributed by atoms with van der Waals surface area (Å²) in [4.78, 5) is 0. The van der Waals surface area contributed by atoms with Gasteiger partial charge in [0.1, 0.15) is 0 Å². The lowest BCUT2D eigenvalue weighted by Gasteiger charge is -2.29. The molecule has 0 aliphatic heterocycles. The maximum atomic E-state index is 6.08. The Morgan fingerprint density at radius 3 is 1.96 bits per heavy atom. The summed E-state index contributed by atoms with van der Waals surface area (Å²) in [6.07, 6.45) is 0. The minimum atomic E-state index is -0.145. The largest absolute Gasteiger partial charge is 0.399 e. The van der Waals surface area contributed by atoms with Gasteiger partial charge in [0.05, 0.1) is 0 Å². The lowest BCUT2D eigenvalue weighted by molar-refractivity contribution is 0.643. The fraction of sp³-hybridized carbons (Fsp3) is 0.143. The molecule has 2 heteroatoms. The number of nitrogens with two attached hydrogens (primary N) is 2. The topological polar surface area (TPSA) is 52.0 Å². The number of hydrogen-bond donors (Lipinski definition) is 2. The highest BCUT2D eigenvalue weighted by Gasteiger charge is 2.26. The summed E-state index contributed by atoms with van der Waals surface area (Å²) >= 11 is 0. The zero-order valence-corrected chi connectivity index (χ0v) is 13.6. The Morgan fingerprint density at radius 2 is 1.30 bits per heavy atom. The van der Waals surface area contributed by atoms with E-state index >= 15 is 0 Å². The summed E-state index contributed by atoms with van der Waals surface area (Å²) < 4.78 is 0. The summed E-state index contributed by atoms with van der Waals surface area (Å²) in [7, 11) is 0. The molecule has 116 valence electrons. The number of benzene rings is 3. The molecule has 2 nitrogen and oxygen atoms in total. The SMILES string of the molecule is CC(C)(c1ccccc1)c1cc(N)ccc1-c1ccc(N)cc1. The third-order valence-corrected chi connectivity index (χ3v) is 4.43. The zero-order valence-electron chi connectivity index (χ0n) is 13.6. The normalized spacial score (nSPS) is 11.4. The minimum Gasteiger partial charge on any atom is -0.399 e. The number of hydrogen-bond acceptors (Lipinski definition) is 2. The van der Waals surface area contributed by atoms with Gasteiger partial charge in [-0.3, -0.25) is 0 Å². The van der Waals surface area contributed by atoms with E-state index in [1.807, 2.05) is 24.3 Å². The molecule has 0 fully saturated rings. The van der Waals surface area contributed by atoms with Crippen LogP contribution in [0.5, 0.6) is 0 Å². The van der Waals surface area contributed by atoms with Crippen molar-refractivity contribution in [3.05, 3.63) is 83.9 Å². The predicted molar refractivity (Wildman–Crippen MR) is 99.3 cm³/mol. The molecule has 0 bridgehead atoms. The van der Waals surface area contributed by atoms with Crippen LogP contribution in [-0.4, -0.2) is 0 Å². The van der Waals surface area contributed by atoms with Crippen molar-refractivity contribution in [2.24, 2.45) is 0 Å². The lowest BCUT2D eigenvalue weighted by Crippen LogP contribution is -2.20. The maximum Gasteiger partial charge on any atom is 0.0317 e. The predicted octanol–water partition coefficient (Wildman–Crippen LogP) is 4.84. The zero-order chi connectivity index (χ0) is 16.4. The summed E-state index contributed by atoms with van der Waals surface area (Å²) in [5, 5.41) is 0. The van der Waals surface area contributed by atoms with Gasteiger partial charge in [0.2, 0.25) is 0 Å². The van der Waals surface area contributed by atoms with Crippen LogP contribution in [0.1, 0.15) is 25.0 Å². The number of rotatable bonds is 3. The Kier molecular flexibility index (Phi) is 3.83. The molecule has 0 aliphatic rings. The van der Waals surface area contributed by atoms with Gasteiger partial charge < -0.3 is 11.5 Å². The standard InChI is InChI=1S/C21H22N2/c1-21(2,16-6-4-3-5-7-16)20-14-18(23)12-13-19(20)15-8-10-17(22)11-9-15/h3-14H,22-23H2,1-2H3. The van der Waals surface area contributed by atoms with Crippen LogP contribution in [0.25, 0.3) is 11.1 Å². The maximum absolute atomic E-state index is 6.08. The second-order valence-electron chi connectivity index (χ2n) is 6.42. The summed E-state index contributed by atoms with van der Waals surface area (Å²) in [6, 6.07) is 24.6. The molecule has 3 aromatic rings. The molecule has 0 saturated heterocycles. The summed E-state index contributed by atoms with van der Waals surface area (Å²) in [5.74, 6) is 0. The lowest BCUT2D eigenvalue weighted by atomic mass is 9.75. The van der Waals surface area contributed by atoms with Crippen molar-refractivity contribution in [2.75, 3.05) is 11.5 Å². The summed E-state index contributed by atoms with van der Waals surface area (Å²) in [6.45, 7) is 4.47. The smallest absolute Gasteiger partial charge is 0.0317 e. The first-order valence-electron chi connectivity index (χ1n) is 7.80. The van der Waals surface area contributed by atoms with E-state index in [9.17, 15) is 0 Å². The molecule has 0 spiro atoms. The monoisotopic (exact) mass is 302 g/mol. The van der Waals surface area contributed by atoms with Crippen LogP contribution < -0.4 is 11.5 Å². The van der Waals surface area contributed by atoms with Crippen molar-refractivity contribution in [1.29, 1.82) is 0 Å². The van der Waals surface area contributed by atoms with E-state index in [-0.39, 0.29) is 5.41 Å². The molecule has 0 atom stereocenters. The Labute approximate surface area is 137 Å². The summed E-state index contributed by atoms with van der Waals surface area (Å²) in [5.41, 5.74) is 18.1. The van der Waals surface area contributed by atoms with Gasteiger partial charge in [-0.2, -0.15) is 0 Å². The first kappa shape index (κ1) is 15.2. The minimum absolute atomic E-state index is 0.145. The first-order valence-corrected chi connectivity index (χ1v) is 7.80. The Balaban J connectivity index is 2.19. The third kappa shape index (κ3) is 2.93. The molecule has 23 heavy (non-hydrogen) atoms. The van der Waals surface area contributed by atoms with Gasteiger partial charge in [0.25, 0.3) is 0 Å². The van der Waals surface area contributed by atoms with Gasteiger partial charge in [-0.25, -0.2) is 0 Å². The highest BCUT2D eigenvalue weighted by Crippen LogP contribution is 2.39. The van der Waals surface area contributed by atoms with Gasteiger partial charge in [-0.15, -0.1) is 0 Å². The van der Waals surface area contributed by atoms with Crippen LogP contribution in [-0.2, 0) is 5.41 Å². The van der Waals surface area contributed by atoms with Crippen molar-refractivity contribution < 1.29 is 0 Å². The highest BCUT2D eigenvalue weighted by atomic mass is 14.5. The fourth-order valence-electron chi connectivity index (χ4n) is 3.00.